The van der Waals surface area contributed by atoms with Crippen LogP contribution in [0, 0.1) is 0 Å². The molecule has 0 saturated carbocycles. The van der Waals surface area contributed by atoms with E-state index < -0.39 is 5.41 Å². The van der Waals surface area contributed by atoms with Crippen LogP contribution in [0.5, 0.6) is 0 Å². The summed E-state index contributed by atoms with van der Waals surface area (Å²) in [5, 5.41) is 2.59. The number of rotatable bonds is 4. The van der Waals surface area contributed by atoms with E-state index in [9.17, 15) is 0 Å². The Kier molecular flexibility index (Phi) is 6.55. The van der Waals surface area contributed by atoms with Gasteiger partial charge >= 0.3 is 0 Å². The SMILES string of the molecule is CC1(C)c2ccccc2C2(c3ccccc3-n3c4ccccc4c4cccc2c43)c2ccc(N(c3ccccc3)c3ccc(-c4ccccc4)cc3)cc21. The Balaban J connectivity index is 1.20. The first-order valence-electron chi connectivity index (χ1n) is 18.9. The van der Waals surface area contributed by atoms with Crippen LogP contribution < -0.4 is 4.90 Å². The quantitative estimate of drug-likeness (QED) is 0.178. The van der Waals surface area contributed by atoms with Gasteiger partial charge in [0.05, 0.1) is 22.1 Å². The van der Waals surface area contributed by atoms with E-state index in [1.165, 1.54) is 72.0 Å². The van der Waals surface area contributed by atoms with E-state index in [2.05, 4.69) is 217 Å². The van der Waals surface area contributed by atoms with Crippen LogP contribution >= 0.6 is 0 Å². The largest absolute Gasteiger partial charge is 0.310 e. The second kappa shape index (κ2) is 11.4. The lowest BCUT2D eigenvalue weighted by Gasteiger charge is -2.50. The molecule has 2 heteroatoms. The molecule has 256 valence electrons. The summed E-state index contributed by atoms with van der Waals surface area (Å²) >= 11 is 0. The molecule has 1 aliphatic heterocycles. The molecule has 11 rings (SSSR count). The van der Waals surface area contributed by atoms with E-state index in [1.54, 1.807) is 0 Å². The van der Waals surface area contributed by atoms with Crippen molar-refractivity contribution in [3.8, 4) is 16.8 Å². The van der Waals surface area contributed by atoms with Crippen molar-refractivity contribution in [2.75, 3.05) is 4.90 Å². The average molecular weight is 691 g/mol. The van der Waals surface area contributed by atoms with E-state index in [1.807, 2.05) is 0 Å². The molecule has 1 unspecified atom stereocenters. The number of para-hydroxylation sites is 4. The van der Waals surface area contributed by atoms with Gasteiger partial charge in [-0.1, -0.05) is 159 Å². The molecule has 0 bridgehead atoms. The zero-order chi connectivity index (χ0) is 36.0. The Morgan fingerprint density at radius 2 is 0.944 bits per heavy atom. The molecular formula is C52H38N2. The van der Waals surface area contributed by atoms with Crippen LogP contribution in [0.4, 0.5) is 17.1 Å². The third-order valence-corrected chi connectivity index (χ3v) is 12.2. The summed E-state index contributed by atoms with van der Waals surface area (Å²) < 4.78 is 2.52. The number of hydrogen-bond donors (Lipinski definition) is 0. The molecule has 0 amide bonds. The summed E-state index contributed by atoms with van der Waals surface area (Å²) in [4.78, 5) is 2.41. The Morgan fingerprint density at radius 3 is 1.74 bits per heavy atom. The maximum Gasteiger partial charge on any atom is 0.0748 e. The molecule has 0 radical (unpaired) electrons. The van der Waals surface area contributed by atoms with E-state index in [0.717, 1.165) is 17.1 Å². The summed E-state index contributed by atoms with van der Waals surface area (Å²) in [6.07, 6.45) is 0. The van der Waals surface area contributed by atoms with Gasteiger partial charge in [0.1, 0.15) is 0 Å². The van der Waals surface area contributed by atoms with Crippen LogP contribution in [0.1, 0.15) is 47.2 Å². The maximum atomic E-state index is 2.52. The molecule has 2 heterocycles. The molecule has 0 saturated heterocycles. The molecule has 8 aromatic carbocycles. The smallest absolute Gasteiger partial charge is 0.0748 e. The van der Waals surface area contributed by atoms with E-state index in [0.29, 0.717) is 0 Å². The van der Waals surface area contributed by atoms with Crippen LogP contribution in [-0.4, -0.2) is 4.57 Å². The van der Waals surface area contributed by atoms with Gasteiger partial charge in [-0.2, -0.15) is 0 Å². The lowest BCUT2D eigenvalue weighted by Crippen LogP contribution is -2.44. The van der Waals surface area contributed by atoms with Gasteiger partial charge in [-0.25, -0.2) is 0 Å². The molecule has 9 aromatic rings. The van der Waals surface area contributed by atoms with Crippen molar-refractivity contribution in [1.29, 1.82) is 0 Å². The first-order valence-corrected chi connectivity index (χ1v) is 18.9. The highest BCUT2D eigenvalue weighted by Gasteiger charge is 2.52. The van der Waals surface area contributed by atoms with Crippen LogP contribution in [-0.2, 0) is 10.8 Å². The van der Waals surface area contributed by atoms with Gasteiger partial charge in [-0.05, 0) is 93.0 Å². The van der Waals surface area contributed by atoms with Gasteiger partial charge in [-0.3, -0.25) is 0 Å². The highest BCUT2D eigenvalue weighted by Crippen LogP contribution is 2.61. The summed E-state index contributed by atoms with van der Waals surface area (Å²) in [6.45, 7) is 4.82. The van der Waals surface area contributed by atoms with Crippen molar-refractivity contribution < 1.29 is 0 Å². The van der Waals surface area contributed by atoms with Crippen LogP contribution in [0.25, 0.3) is 38.6 Å². The van der Waals surface area contributed by atoms with Crippen molar-refractivity contribution in [3.63, 3.8) is 0 Å². The van der Waals surface area contributed by atoms with Crippen molar-refractivity contribution >= 4 is 38.9 Å². The Hall–Kier alpha value is -6.64. The number of benzene rings is 8. The molecule has 1 aromatic heterocycles. The minimum atomic E-state index is -0.518. The summed E-state index contributed by atoms with van der Waals surface area (Å²) in [5.41, 5.74) is 16.9. The third kappa shape index (κ3) is 4.11. The van der Waals surface area contributed by atoms with Gasteiger partial charge in [-0.15, -0.1) is 0 Å². The minimum Gasteiger partial charge on any atom is -0.310 e. The molecular weight excluding hydrogens is 653 g/mol. The zero-order valence-corrected chi connectivity index (χ0v) is 30.4. The second-order valence-corrected chi connectivity index (χ2v) is 15.3. The molecule has 0 N–H and O–H groups in total. The summed E-state index contributed by atoms with van der Waals surface area (Å²) in [6, 6.07) is 71.9. The molecule has 1 aliphatic carbocycles. The number of anilines is 3. The van der Waals surface area contributed by atoms with E-state index >= 15 is 0 Å². The van der Waals surface area contributed by atoms with Crippen LogP contribution in [0.3, 0.4) is 0 Å². The number of nitrogens with zero attached hydrogens (tertiary/aromatic N) is 2. The summed E-state index contributed by atoms with van der Waals surface area (Å²) in [7, 11) is 0. The van der Waals surface area contributed by atoms with Crippen molar-refractivity contribution in [1.82, 2.24) is 4.57 Å². The highest BCUT2D eigenvalue weighted by atomic mass is 15.1. The minimum absolute atomic E-state index is 0.264. The lowest BCUT2D eigenvalue weighted by atomic mass is 9.53. The Morgan fingerprint density at radius 1 is 0.389 bits per heavy atom. The van der Waals surface area contributed by atoms with E-state index in [-0.39, 0.29) is 5.41 Å². The summed E-state index contributed by atoms with van der Waals surface area (Å²) in [5.74, 6) is 0. The molecule has 2 aliphatic rings. The number of hydrogen-bond acceptors (Lipinski definition) is 1. The normalized spacial score (nSPS) is 16.2. The average Bonchev–Trinajstić information content (AvgIpc) is 3.58. The van der Waals surface area contributed by atoms with Gasteiger partial charge in [0.2, 0.25) is 0 Å². The molecule has 2 nitrogen and oxygen atoms in total. The van der Waals surface area contributed by atoms with Crippen LogP contribution in [0.2, 0.25) is 0 Å². The Bertz CT molecular complexity index is 2900. The molecule has 1 spiro atoms. The topological polar surface area (TPSA) is 8.17 Å². The highest BCUT2D eigenvalue weighted by molar-refractivity contribution is 6.12. The zero-order valence-electron chi connectivity index (χ0n) is 30.4. The predicted octanol–water partition coefficient (Wildman–Crippen LogP) is 13.3. The van der Waals surface area contributed by atoms with Gasteiger partial charge in [0, 0.05) is 33.2 Å². The lowest BCUT2D eigenvalue weighted by molar-refractivity contribution is 0.556. The Labute approximate surface area is 316 Å². The van der Waals surface area contributed by atoms with Gasteiger partial charge in [0.15, 0.2) is 0 Å². The molecule has 1 atom stereocenters. The predicted molar refractivity (Wildman–Crippen MR) is 225 cm³/mol. The van der Waals surface area contributed by atoms with Crippen molar-refractivity contribution in [2.24, 2.45) is 0 Å². The fourth-order valence-electron chi connectivity index (χ4n) is 9.90. The van der Waals surface area contributed by atoms with Gasteiger partial charge in [0.25, 0.3) is 0 Å². The number of fused-ring (bicyclic) bond motifs is 11. The van der Waals surface area contributed by atoms with E-state index in [4.69, 9.17) is 0 Å². The van der Waals surface area contributed by atoms with Gasteiger partial charge < -0.3 is 9.47 Å². The monoisotopic (exact) mass is 690 g/mol. The number of aromatic nitrogens is 1. The standard InChI is InChI=1S/C52H38N2/c1-51(2)42-22-10-11-23-43(42)52(45-24-12-14-27-49(45)54-48-26-13-9-20-40(48)41-21-15-25-46(52)50(41)54)44-33-32-39(34-47(44)51)53(37-18-7-4-8-19-37)38-30-28-36(29-31-38)35-16-5-3-6-17-35/h3-34H,1-2H3. The maximum absolute atomic E-state index is 2.52. The van der Waals surface area contributed by atoms with Crippen molar-refractivity contribution in [2.45, 2.75) is 24.7 Å². The molecule has 54 heavy (non-hydrogen) atoms. The molecule has 0 fully saturated rings. The second-order valence-electron chi connectivity index (χ2n) is 15.3. The van der Waals surface area contributed by atoms with Crippen LogP contribution in [0.15, 0.2) is 194 Å². The fraction of sp³-hybridized carbons (Fsp3) is 0.0769. The first kappa shape index (κ1) is 30.9. The first-order chi connectivity index (χ1) is 26.6. The third-order valence-electron chi connectivity index (χ3n) is 12.2. The van der Waals surface area contributed by atoms with Crippen molar-refractivity contribution in [3.05, 3.63) is 228 Å². The fourth-order valence-corrected chi connectivity index (χ4v) is 9.90.